The normalized spacial score (nSPS) is 9.73. The fraction of sp³-hybridized carbons (Fsp3) is 0.200. The summed E-state index contributed by atoms with van der Waals surface area (Å²) in [5, 5.41) is 8.76. The van der Waals surface area contributed by atoms with E-state index in [-0.39, 0.29) is 6.42 Å². The first-order valence-corrected chi connectivity index (χ1v) is 4.51. The molecule has 0 aliphatic heterocycles. The molecule has 0 saturated carbocycles. The van der Waals surface area contributed by atoms with Crippen LogP contribution in [0.25, 0.3) is 0 Å². The number of carboxylic acids is 1. The topological polar surface area (TPSA) is 63.6 Å². The number of carbonyl (C=O) groups excluding carboxylic acids is 1. The molecular weight excluding hydrogens is 220 g/mol. The number of benzene rings is 1. The first-order chi connectivity index (χ1) is 7.04. The Morgan fingerprint density at radius 3 is 2.60 bits per heavy atom. The van der Waals surface area contributed by atoms with Gasteiger partial charge in [-0.25, -0.2) is 4.79 Å². The van der Waals surface area contributed by atoms with Gasteiger partial charge in [0.2, 0.25) is 5.78 Å². The SMILES string of the molecule is COc1ccc(CC(=O)C(=O)O)cc1Cl. The molecule has 0 saturated heterocycles. The van der Waals surface area contributed by atoms with Crippen molar-refractivity contribution >= 4 is 23.4 Å². The van der Waals surface area contributed by atoms with Crippen LogP contribution < -0.4 is 4.74 Å². The Morgan fingerprint density at radius 1 is 1.47 bits per heavy atom. The summed E-state index contributed by atoms with van der Waals surface area (Å²) >= 11 is 5.81. The van der Waals surface area contributed by atoms with E-state index in [2.05, 4.69) is 0 Å². The number of carboxylic acid groups (broad SMARTS) is 1. The van der Waals surface area contributed by atoms with Crippen LogP contribution in [0.1, 0.15) is 5.56 Å². The Kier molecular flexibility index (Phi) is 3.68. The molecule has 0 fully saturated rings. The van der Waals surface area contributed by atoms with Gasteiger partial charge in [-0.05, 0) is 17.7 Å². The summed E-state index contributed by atoms with van der Waals surface area (Å²) in [4.78, 5) is 21.2. The Labute approximate surface area is 91.4 Å². The largest absolute Gasteiger partial charge is 0.495 e. The predicted molar refractivity (Wildman–Crippen MR) is 54.4 cm³/mol. The minimum absolute atomic E-state index is 0.168. The highest BCUT2D eigenvalue weighted by atomic mass is 35.5. The van der Waals surface area contributed by atoms with Crippen molar-refractivity contribution in [2.45, 2.75) is 6.42 Å². The van der Waals surface area contributed by atoms with Crippen molar-refractivity contribution in [3.63, 3.8) is 0 Å². The fourth-order valence-electron chi connectivity index (χ4n) is 1.08. The Hall–Kier alpha value is -1.55. The molecular formula is C10H9ClO4. The molecule has 0 aromatic heterocycles. The number of carbonyl (C=O) groups is 2. The van der Waals surface area contributed by atoms with Crippen LogP contribution in [0.5, 0.6) is 5.75 Å². The van der Waals surface area contributed by atoms with Crippen LogP contribution in [0.3, 0.4) is 0 Å². The zero-order chi connectivity index (χ0) is 11.4. The Morgan fingerprint density at radius 2 is 2.13 bits per heavy atom. The first kappa shape index (κ1) is 11.5. The molecule has 80 valence electrons. The van der Waals surface area contributed by atoms with E-state index in [9.17, 15) is 9.59 Å². The van der Waals surface area contributed by atoms with E-state index in [1.807, 2.05) is 0 Å². The van der Waals surface area contributed by atoms with Gasteiger partial charge < -0.3 is 9.84 Å². The van der Waals surface area contributed by atoms with Crippen LogP contribution in [0.2, 0.25) is 5.02 Å². The number of ether oxygens (including phenoxy) is 1. The van der Waals surface area contributed by atoms with E-state index in [0.29, 0.717) is 16.3 Å². The zero-order valence-corrected chi connectivity index (χ0v) is 8.75. The van der Waals surface area contributed by atoms with Crippen molar-refractivity contribution in [2.24, 2.45) is 0 Å². The third-order valence-corrected chi connectivity index (χ3v) is 2.11. The lowest BCUT2D eigenvalue weighted by Gasteiger charge is -2.04. The van der Waals surface area contributed by atoms with Gasteiger partial charge in [-0.2, -0.15) is 0 Å². The molecule has 1 N–H and O–H groups in total. The molecule has 15 heavy (non-hydrogen) atoms. The maximum atomic E-state index is 10.9. The maximum Gasteiger partial charge on any atom is 0.372 e. The average Bonchev–Trinajstić information content (AvgIpc) is 2.18. The number of methoxy groups -OCH3 is 1. The van der Waals surface area contributed by atoms with Crippen LogP contribution >= 0.6 is 11.6 Å². The quantitative estimate of drug-likeness (QED) is 0.794. The summed E-state index contributed by atoms with van der Waals surface area (Å²) in [5.41, 5.74) is 0.549. The van der Waals surface area contributed by atoms with E-state index in [1.165, 1.54) is 13.2 Å². The molecule has 4 nitrogen and oxygen atoms in total. The van der Waals surface area contributed by atoms with Crippen molar-refractivity contribution in [1.29, 1.82) is 0 Å². The first-order valence-electron chi connectivity index (χ1n) is 4.13. The second-order valence-electron chi connectivity index (χ2n) is 2.87. The summed E-state index contributed by atoms with van der Waals surface area (Å²) in [5.74, 6) is -1.82. The Balaban J connectivity index is 2.84. The number of Topliss-reactive ketones (excluding diaryl/α,β-unsaturated/α-hetero) is 1. The van der Waals surface area contributed by atoms with Gasteiger partial charge in [0, 0.05) is 6.42 Å². The van der Waals surface area contributed by atoms with Crippen molar-refractivity contribution in [3.05, 3.63) is 28.8 Å². The molecule has 1 rings (SSSR count). The summed E-state index contributed by atoms with van der Waals surface area (Å²) in [6.07, 6.45) is -0.168. The molecule has 0 spiro atoms. The number of halogens is 1. The number of aliphatic carboxylic acids is 1. The van der Waals surface area contributed by atoms with Crippen LogP contribution in [0, 0.1) is 0 Å². The Bertz CT molecular complexity index is 400. The zero-order valence-electron chi connectivity index (χ0n) is 7.99. The highest BCUT2D eigenvalue weighted by Crippen LogP contribution is 2.25. The minimum atomic E-state index is -1.44. The van der Waals surface area contributed by atoms with Crippen molar-refractivity contribution < 1.29 is 19.4 Å². The number of hydrogen-bond acceptors (Lipinski definition) is 3. The second kappa shape index (κ2) is 4.79. The van der Waals surface area contributed by atoms with Crippen molar-refractivity contribution in [3.8, 4) is 5.75 Å². The van der Waals surface area contributed by atoms with E-state index < -0.39 is 11.8 Å². The van der Waals surface area contributed by atoms with Crippen LogP contribution in [-0.2, 0) is 16.0 Å². The third-order valence-electron chi connectivity index (χ3n) is 1.82. The van der Waals surface area contributed by atoms with Gasteiger partial charge in [-0.3, -0.25) is 4.79 Å². The summed E-state index contributed by atoms with van der Waals surface area (Å²) in [6, 6.07) is 4.71. The van der Waals surface area contributed by atoms with Gasteiger partial charge in [0.25, 0.3) is 0 Å². The molecule has 0 atom stereocenters. The molecule has 0 radical (unpaired) electrons. The predicted octanol–water partition coefficient (Wildman–Crippen LogP) is 1.54. The third kappa shape index (κ3) is 2.95. The van der Waals surface area contributed by atoms with Gasteiger partial charge in [-0.1, -0.05) is 17.7 Å². The number of ketones is 1. The van der Waals surface area contributed by atoms with Gasteiger partial charge in [0.05, 0.1) is 12.1 Å². The molecule has 0 unspecified atom stereocenters. The smallest absolute Gasteiger partial charge is 0.372 e. The van der Waals surface area contributed by atoms with Gasteiger partial charge in [0.15, 0.2) is 0 Å². The standard InChI is InChI=1S/C10H9ClO4/c1-15-9-3-2-6(4-7(9)11)5-8(12)10(13)14/h2-4H,5H2,1H3,(H,13,14). The number of rotatable bonds is 4. The minimum Gasteiger partial charge on any atom is -0.495 e. The highest BCUT2D eigenvalue weighted by Gasteiger charge is 2.12. The molecule has 0 amide bonds. The van der Waals surface area contributed by atoms with Gasteiger partial charge in [-0.15, -0.1) is 0 Å². The van der Waals surface area contributed by atoms with Crippen molar-refractivity contribution in [1.82, 2.24) is 0 Å². The fourth-order valence-corrected chi connectivity index (χ4v) is 1.36. The molecule has 5 heteroatoms. The molecule has 0 heterocycles. The summed E-state index contributed by atoms with van der Waals surface area (Å²) < 4.78 is 4.92. The van der Waals surface area contributed by atoms with Crippen LogP contribution in [0.4, 0.5) is 0 Å². The lowest BCUT2D eigenvalue weighted by Crippen LogP contribution is -2.14. The van der Waals surface area contributed by atoms with Crippen molar-refractivity contribution in [2.75, 3.05) is 7.11 Å². The number of hydrogen-bond donors (Lipinski definition) is 1. The van der Waals surface area contributed by atoms with E-state index in [1.54, 1.807) is 12.1 Å². The van der Waals surface area contributed by atoms with Crippen LogP contribution in [-0.4, -0.2) is 24.0 Å². The van der Waals surface area contributed by atoms with E-state index >= 15 is 0 Å². The maximum absolute atomic E-state index is 10.9. The van der Waals surface area contributed by atoms with Crippen LogP contribution in [0.15, 0.2) is 18.2 Å². The molecule has 0 aliphatic carbocycles. The average molecular weight is 229 g/mol. The van der Waals surface area contributed by atoms with Gasteiger partial charge in [0.1, 0.15) is 5.75 Å². The van der Waals surface area contributed by atoms with E-state index in [4.69, 9.17) is 21.4 Å². The lowest BCUT2D eigenvalue weighted by molar-refractivity contribution is -0.148. The van der Waals surface area contributed by atoms with E-state index in [0.717, 1.165) is 0 Å². The molecule has 1 aromatic rings. The lowest BCUT2D eigenvalue weighted by atomic mass is 10.1. The monoisotopic (exact) mass is 228 g/mol. The summed E-state index contributed by atoms with van der Waals surface area (Å²) in [7, 11) is 1.48. The summed E-state index contributed by atoms with van der Waals surface area (Å²) in [6.45, 7) is 0. The highest BCUT2D eigenvalue weighted by molar-refractivity contribution is 6.33. The molecule has 0 bridgehead atoms. The van der Waals surface area contributed by atoms with Gasteiger partial charge >= 0.3 is 5.97 Å². The molecule has 1 aromatic carbocycles. The molecule has 0 aliphatic rings. The second-order valence-corrected chi connectivity index (χ2v) is 3.28.